The fourth-order valence-corrected chi connectivity index (χ4v) is 4.10. The molecule has 0 radical (unpaired) electrons. The SMILES string of the molecule is COc1cc(OC)cc(C(=O)NNC(=O)c2ccc(S(=O)(=O)N(C)c3ccccc3)cc2)c1. The van der Waals surface area contributed by atoms with Crippen molar-refractivity contribution in [1.82, 2.24) is 10.9 Å². The highest BCUT2D eigenvalue weighted by Gasteiger charge is 2.21. The van der Waals surface area contributed by atoms with Crippen molar-refractivity contribution in [3.63, 3.8) is 0 Å². The minimum Gasteiger partial charge on any atom is -0.497 e. The molecule has 3 rings (SSSR count). The summed E-state index contributed by atoms with van der Waals surface area (Å²) in [7, 11) is 0.567. The third-order valence-electron chi connectivity index (χ3n) is 4.80. The summed E-state index contributed by atoms with van der Waals surface area (Å²) in [6, 6.07) is 18.6. The highest BCUT2D eigenvalue weighted by molar-refractivity contribution is 7.92. The third-order valence-corrected chi connectivity index (χ3v) is 6.60. The fraction of sp³-hybridized carbons (Fsp3) is 0.130. The van der Waals surface area contributed by atoms with Gasteiger partial charge in [0.15, 0.2) is 0 Å². The van der Waals surface area contributed by atoms with Crippen LogP contribution in [0.25, 0.3) is 0 Å². The van der Waals surface area contributed by atoms with Crippen LogP contribution in [-0.2, 0) is 10.0 Å². The van der Waals surface area contributed by atoms with Crippen molar-refractivity contribution in [2.75, 3.05) is 25.6 Å². The summed E-state index contributed by atoms with van der Waals surface area (Å²) >= 11 is 0. The number of hydrogen-bond donors (Lipinski definition) is 2. The Balaban J connectivity index is 1.68. The van der Waals surface area contributed by atoms with Crippen LogP contribution >= 0.6 is 0 Å². The Bertz CT molecular complexity index is 1220. The zero-order chi connectivity index (χ0) is 24.0. The number of ether oxygens (including phenoxy) is 2. The first kappa shape index (κ1) is 23.6. The molecular formula is C23H23N3O6S. The van der Waals surface area contributed by atoms with Crippen molar-refractivity contribution >= 4 is 27.5 Å². The van der Waals surface area contributed by atoms with Crippen LogP contribution in [0.3, 0.4) is 0 Å². The van der Waals surface area contributed by atoms with Crippen molar-refractivity contribution in [1.29, 1.82) is 0 Å². The van der Waals surface area contributed by atoms with Gasteiger partial charge in [-0.15, -0.1) is 0 Å². The normalized spacial score (nSPS) is 10.8. The van der Waals surface area contributed by atoms with E-state index in [9.17, 15) is 18.0 Å². The summed E-state index contributed by atoms with van der Waals surface area (Å²) in [5, 5.41) is 0. The van der Waals surface area contributed by atoms with Gasteiger partial charge in [0.25, 0.3) is 21.8 Å². The first-order valence-corrected chi connectivity index (χ1v) is 11.2. The molecule has 0 aromatic heterocycles. The molecule has 0 atom stereocenters. The van der Waals surface area contributed by atoms with E-state index in [0.29, 0.717) is 17.2 Å². The van der Waals surface area contributed by atoms with Gasteiger partial charge >= 0.3 is 0 Å². The Labute approximate surface area is 192 Å². The number of rotatable bonds is 7. The molecule has 2 N–H and O–H groups in total. The second-order valence-electron chi connectivity index (χ2n) is 6.84. The van der Waals surface area contributed by atoms with Crippen molar-refractivity contribution in [2.45, 2.75) is 4.90 Å². The number of anilines is 1. The summed E-state index contributed by atoms with van der Waals surface area (Å²) in [5.41, 5.74) is 5.50. The van der Waals surface area contributed by atoms with Crippen molar-refractivity contribution in [3.05, 3.63) is 83.9 Å². The predicted molar refractivity (Wildman–Crippen MR) is 123 cm³/mol. The predicted octanol–water partition coefficient (Wildman–Crippen LogP) is 2.60. The maximum atomic E-state index is 12.8. The van der Waals surface area contributed by atoms with Gasteiger partial charge in [-0.25, -0.2) is 8.42 Å². The molecule has 2 amide bonds. The van der Waals surface area contributed by atoms with E-state index in [1.807, 2.05) is 0 Å². The van der Waals surface area contributed by atoms with E-state index in [1.165, 1.54) is 57.7 Å². The van der Waals surface area contributed by atoms with Gasteiger partial charge in [0, 0.05) is 24.2 Å². The highest BCUT2D eigenvalue weighted by atomic mass is 32.2. The number of amides is 2. The molecule has 0 fully saturated rings. The molecule has 9 nitrogen and oxygen atoms in total. The number of sulfonamides is 1. The van der Waals surface area contributed by atoms with Crippen LogP contribution in [-0.4, -0.2) is 41.5 Å². The molecule has 0 aliphatic heterocycles. The molecule has 0 saturated heterocycles. The molecule has 10 heteroatoms. The molecule has 3 aromatic carbocycles. The van der Waals surface area contributed by atoms with Crippen LogP contribution in [0.1, 0.15) is 20.7 Å². The molecular weight excluding hydrogens is 446 g/mol. The monoisotopic (exact) mass is 469 g/mol. The lowest BCUT2D eigenvalue weighted by atomic mass is 10.2. The fourth-order valence-electron chi connectivity index (χ4n) is 2.91. The lowest BCUT2D eigenvalue weighted by Crippen LogP contribution is -2.41. The molecule has 3 aromatic rings. The number of benzene rings is 3. The van der Waals surface area contributed by atoms with E-state index < -0.39 is 21.8 Å². The minimum absolute atomic E-state index is 0.0258. The van der Waals surface area contributed by atoms with Crippen LogP contribution in [0.2, 0.25) is 0 Å². The molecule has 0 spiro atoms. The van der Waals surface area contributed by atoms with Gasteiger partial charge in [0.2, 0.25) is 0 Å². The third kappa shape index (κ3) is 5.42. The van der Waals surface area contributed by atoms with E-state index in [-0.39, 0.29) is 16.0 Å². The summed E-state index contributed by atoms with van der Waals surface area (Å²) < 4.78 is 37.1. The second kappa shape index (κ2) is 10.0. The van der Waals surface area contributed by atoms with Crippen LogP contribution in [0.5, 0.6) is 11.5 Å². The molecule has 172 valence electrons. The number of carbonyl (C=O) groups excluding carboxylic acids is 2. The number of para-hydroxylation sites is 1. The zero-order valence-electron chi connectivity index (χ0n) is 18.2. The second-order valence-corrected chi connectivity index (χ2v) is 8.81. The molecule has 0 aliphatic rings. The van der Waals surface area contributed by atoms with Crippen LogP contribution < -0.4 is 24.6 Å². The summed E-state index contributed by atoms with van der Waals surface area (Å²) in [6.07, 6.45) is 0. The highest BCUT2D eigenvalue weighted by Crippen LogP contribution is 2.23. The van der Waals surface area contributed by atoms with E-state index in [0.717, 1.165) is 4.31 Å². The number of hydrazine groups is 1. The average molecular weight is 470 g/mol. The lowest BCUT2D eigenvalue weighted by Gasteiger charge is -2.19. The van der Waals surface area contributed by atoms with Crippen LogP contribution in [0, 0.1) is 0 Å². The molecule has 0 bridgehead atoms. The Morgan fingerprint density at radius 1 is 0.758 bits per heavy atom. The Morgan fingerprint density at radius 3 is 1.79 bits per heavy atom. The van der Waals surface area contributed by atoms with Gasteiger partial charge in [-0.1, -0.05) is 18.2 Å². The zero-order valence-corrected chi connectivity index (χ0v) is 19.0. The van der Waals surface area contributed by atoms with E-state index >= 15 is 0 Å². The summed E-state index contributed by atoms with van der Waals surface area (Å²) in [4.78, 5) is 24.8. The number of methoxy groups -OCH3 is 2. The number of carbonyl (C=O) groups is 2. The number of hydrogen-bond acceptors (Lipinski definition) is 6. The van der Waals surface area contributed by atoms with Crippen molar-refractivity contribution < 1.29 is 27.5 Å². The van der Waals surface area contributed by atoms with Crippen LogP contribution in [0.4, 0.5) is 5.69 Å². The maximum absolute atomic E-state index is 12.8. The maximum Gasteiger partial charge on any atom is 0.269 e. The minimum atomic E-state index is -3.80. The quantitative estimate of drug-likeness (QED) is 0.514. The summed E-state index contributed by atoms with van der Waals surface area (Å²) in [6.45, 7) is 0. The molecule has 0 saturated carbocycles. The van der Waals surface area contributed by atoms with Gasteiger partial charge in [-0.2, -0.15) is 0 Å². The van der Waals surface area contributed by atoms with E-state index in [4.69, 9.17) is 9.47 Å². The van der Waals surface area contributed by atoms with Gasteiger partial charge in [0.05, 0.1) is 24.8 Å². The van der Waals surface area contributed by atoms with E-state index in [2.05, 4.69) is 10.9 Å². The van der Waals surface area contributed by atoms with Crippen molar-refractivity contribution in [3.8, 4) is 11.5 Å². The van der Waals surface area contributed by atoms with Gasteiger partial charge in [-0.3, -0.25) is 24.7 Å². The first-order chi connectivity index (χ1) is 15.8. The number of nitrogens with one attached hydrogen (secondary N) is 2. The van der Waals surface area contributed by atoms with E-state index in [1.54, 1.807) is 36.4 Å². The standard InChI is InChI=1S/C23H23N3O6S/c1-26(18-7-5-4-6-8-18)33(29,30)21-11-9-16(10-12-21)22(27)24-25-23(28)17-13-19(31-2)15-20(14-17)32-3/h4-15H,1-3H3,(H,24,27)(H,25,28). The first-order valence-electron chi connectivity index (χ1n) is 9.74. The average Bonchev–Trinajstić information content (AvgIpc) is 2.86. The Kier molecular flexibility index (Phi) is 7.19. The Hall–Kier alpha value is -4.05. The lowest BCUT2D eigenvalue weighted by molar-refractivity contribution is 0.0846. The molecule has 0 heterocycles. The molecule has 33 heavy (non-hydrogen) atoms. The smallest absolute Gasteiger partial charge is 0.269 e. The van der Waals surface area contributed by atoms with Gasteiger partial charge < -0.3 is 9.47 Å². The van der Waals surface area contributed by atoms with Gasteiger partial charge in [-0.05, 0) is 48.5 Å². The summed E-state index contributed by atoms with van der Waals surface area (Å²) in [5.74, 6) is -0.353. The van der Waals surface area contributed by atoms with Gasteiger partial charge in [0.1, 0.15) is 11.5 Å². The van der Waals surface area contributed by atoms with Crippen molar-refractivity contribution in [2.24, 2.45) is 0 Å². The molecule has 0 aliphatic carbocycles. The molecule has 0 unspecified atom stereocenters. The number of nitrogens with zero attached hydrogens (tertiary/aromatic N) is 1. The topological polar surface area (TPSA) is 114 Å². The van der Waals surface area contributed by atoms with Crippen LogP contribution in [0.15, 0.2) is 77.7 Å². The Morgan fingerprint density at radius 2 is 1.27 bits per heavy atom. The largest absolute Gasteiger partial charge is 0.497 e.